The molecule has 1 unspecified atom stereocenters. The number of carboxylic acid groups (broad SMARTS) is 1. The molecule has 0 saturated carbocycles. The molecule has 1 atom stereocenters. The third-order valence-corrected chi connectivity index (χ3v) is 4.38. The minimum absolute atomic E-state index is 0.106. The van der Waals surface area contributed by atoms with Crippen LogP contribution in [0.1, 0.15) is 58.3 Å². The summed E-state index contributed by atoms with van der Waals surface area (Å²) >= 11 is 0. The first-order valence-corrected chi connectivity index (χ1v) is 9.53. The Morgan fingerprint density at radius 2 is 1.76 bits per heavy atom. The highest BCUT2D eigenvalue weighted by Gasteiger charge is 2.13. The molecule has 0 amide bonds. The number of rotatable bonds is 13. The highest BCUT2D eigenvalue weighted by Crippen LogP contribution is 2.15. The van der Waals surface area contributed by atoms with Crippen LogP contribution in [0, 0.1) is 0 Å². The topological polar surface area (TPSA) is 76.1 Å². The Morgan fingerprint density at radius 1 is 1.08 bits per heavy atom. The van der Waals surface area contributed by atoms with Crippen molar-refractivity contribution in [2.45, 2.75) is 64.4 Å². The van der Waals surface area contributed by atoms with E-state index in [0.29, 0.717) is 0 Å². The SMILES string of the molecule is CCCCC(CCCCCCN1CCOCC1)OC(=O)C=CC(=O)O. The zero-order chi connectivity index (χ0) is 18.3. The lowest BCUT2D eigenvalue weighted by Gasteiger charge is -2.26. The third kappa shape index (κ3) is 11.7. The molecule has 0 aromatic rings. The monoisotopic (exact) mass is 355 g/mol. The molecule has 0 spiro atoms. The first-order valence-electron chi connectivity index (χ1n) is 9.53. The number of esters is 1. The Hall–Kier alpha value is -1.40. The fraction of sp³-hybridized carbons (Fsp3) is 0.789. The molecule has 1 heterocycles. The smallest absolute Gasteiger partial charge is 0.331 e. The number of hydrogen-bond donors (Lipinski definition) is 1. The summed E-state index contributed by atoms with van der Waals surface area (Å²) in [6.07, 6.45) is 10.0. The quantitative estimate of drug-likeness (QED) is 0.311. The second kappa shape index (κ2) is 13.8. The summed E-state index contributed by atoms with van der Waals surface area (Å²) < 4.78 is 10.7. The van der Waals surface area contributed by atoms with E-state index in [2.05, 4.69) is 11.8 Å². The number of carbonyl (C=O) groups is 2. The van der Waals surface area contributed by atoms with E-state index < -0.39 is 11.9 Å². The van der Waals surface area contributed by atoms with Gasteiger partial charge in [0.25, 0.3) is 0 Å². The Balaban J connectivity index is 2.16. The van der Waals surface area contributed by atoms with Crippen molar-refractivity contribution in [2.24, 2.45) is 0 Å². The third-order valence-electron chi connectivity index (χ3n) is 4.38. The van der Waals surface area contributed by atoms with Gasteiger partial charge in [-0.1, -0.05) is 32.6 Å². The number of aliphatic carboxylic acids is 1. The van der Waals surface area contributed by atoms with Crippen LogP contribution in [-0.2, 0) is 19.1 Å². The van der Waals surface area contributed by atoms with Crippen LogP contribution in [0.3, 0.4) is 0 Å². The minimum atomic E-state index is -1.14. The number of unbranched alkanes of at least 4 members (excludes halogenated alkanes) is 4. The minimum Gasteiger partial charge on any atom is -0.478 e. The van der Waals surface area contributed by atoms with Gasteiger partial charge in [0.15, 0.2) is 0 Å². The summed E-state index contributed by atoms with van der Waals surface area (Å²) in [7, 11) is 0. The summed E-state index contributed by atoms with van der Waals surface area (Å²) in [4.78, 5) is 24.5. The lowest BCUT2D eigenvalue weighted by atomic mass is 10.0. The van der Waals surface area contributed by atoms with Gasteiger partial charge in [-0.05, 0) is 32.2 Å². The van der Waals surface area contributed by atoms with Crippen LogP contribution in [0.25, 0.3) is 0 Å². The first kappa shape index (κ1) is 21.6. The molecule has 1 aliphatic heterocycles. The van der Waals surface area contributed by atoms with E-state index in [9.17, 15) is 9.59 Å². The predicted molar refractivity (Wildman–Crippen MR) is 96.5 cm³/mol. The Kier molecular flexibility index (Phi) is 12.0. The van der Waals surface area contributed by atoms with Crippen molar-refractivity contribution in [3.8, 4) is 0 Å². The van der Waals surface area contributed by atoms with E-state index in [1.807, 2.05) is 0 Å². The molecule has 0 aromatic heterocycles. The van der Waals surface area contributed by atoms with Gasteiger partial charge >= 0.3 is 11.9 Å². The summed E-state index contributed by atoms with van der Waals surface area (Å²) in [6, 6.07) is 0. The maximum Gasteiger partial charge on any atom is 0.331 e. The summed E-state index contributed by atoms with van der Waals surface area (Å²) in [6.45, 7) is 7.02. The fourth-order valence-electron chi connectivity index (χ4n) is 2.92. The van der Waals surface area contributed by atoms with Crippen LogP contribution in [0.4, 0.5) is 0 Å². The van der Waals surface area contributed by atoms with Gasteiger partial charge in [0.1, 0.15) is 6.10 Å². The number of carboxylic acids is 1. The molecule has 6 heteroatoms. The van der Waals surface area contributed by atoms with Crippen LogP contribution in [0.5, 0.6) is 0 Å². The van der Waals surface area contributed by atoms with Crippen LogP contribution in [-0.4, -0.2) is 60.9 Å². The number of ether oxygens (including phenoxy) is 2. The lowest BCUT2D eigenvalue weighted by Crippen LogP contribution is -2.36. The Labute approximate surface area is 151 Å². The van der Waals surface area contributed by atoms with E-state index >= 15 is 0 Å². The number of hydrogen-bond acceptors (Lipinski definition) is 5. The number of nitrogens with zero attached hydrogens (tertiary/aromatic N) is 1. The van der Waals surface area contributed by atoms with Gasteiger partial charge in [-0.15, -0.1) is 0 Å². The van der Waals surface area contributed by atoms with Crippen molar-refractivity contribution in [2.75, 3.05) is 32.8 Å². The van der Waals surface area contributed by atoms with Crippen molar-refractivity contribution >= 4 is 11.9 Å². The fourth-order valence-corrected chi connectivity index (χ4v) is 2.92. The van der Waals surface area contributed by atoms with E-state index in [1.54, 1.807) is 0 Å². The largest absolute Gasteiger partial charge is 0.478 e. The van der Waals surface area contributed by atoms with Gasteiger partial charge in [0.2, 0.25) is 0 Å². The maximum atomic E-state index is 11.6. The molecule has 1 N–H and O–H groups in total. The molecule has 1 fully saturated rings. The number of morpholine rings is 1. The average molecular weight is 355 g/mol. The van der Waals surface area contributed by atoms with Gasteiger partial charge in [0, 0.05) is 25.2 Å². The van der Waals surface area contributed by atoms with Crippen molar-refractivity contribution in [3.63, 3.8) is 0 Å². The van der Waals surface area contributed by atoms with Crippen LogP contribution in [0.15, 0.2) is 12.2 Å². The van der Waals surface area contributed by atoms with Crippen LogP contribution >= 0.6 is 0 Å². The maximum absolute atomic E-state index is 11.6. The van der Waals surface area contributed by atoms with Crippen LogP contribution in [0.2, 0.25) is 0 Å². The van der Waals surface area contributed by atoms with Crippen LogP contribution < -0.4 is 0 Å². The lowest BCUT2D eigenvalue weighted by molar-refractivity contribution is -0.144. The summed E-state index contributed by atoms with van der Waals surface area (Å²) in [5.74, 6) is -1.70. The van der Waals surface area contributed by atoms with Crippen molar-refractivity contribution < 1.29 is 24.2 Å². The molecule has 0 aliphatic carbocycles. The van der Waals surface area contributed by atoms with E-state index in [-0.39, 0.29) is 6.10 Å². The normalized spacial score (nSPS) is 16.8. The van der Waals surface area contributed by atoms with Gasteiger partial charge < -0.3 is 14.6 Å². The van der Waals surface area contributed by atoms with E-state index in [0.717, 1.165) is 83.5 Å². The zero-order valence-corrected chi connectivity index (χ0v) is 15.5. The highest BCUT2D eigenvalue weighted by molar-refractivity contribution is 5.90. The van der Waals surface area contributed by atoms with Gasteiger partial charge in [-0.25, -0.2) is 9.59 Å². The van der Waals surface area contributed by atoms with Gasteiger partial charge in [0.05, 0.1) is 13.2 Å². The molecule has 0 aromatic carbocycles. The van der Waals surface area contributed by atoms with Crippen molar-refractivity contribution in [1.82, 2.24) is 4.90 Å². The first-order chi connectivity index (χ1) is 12.1. The summed E-state index contributed by atoms with van der Waals surface area (Å²) in [5, 5.41) is 8.55. The number of carbonyl (C=O) groups excluding carboxylic acids is 1. The van der Waals surface area contributed by atoms with Crippen molar-refractivity contribution in [3.05, 3.63) is 12.2 Å². The van der Waals surface area contributed by atoms with E-state index in [4.69, 9.17) is 14.6 Å². The van der Waals surface area contributed by atoms with Gasteiger partial charge in [-0.3, -0.25) is 4.90 Å². The van der Waals surface area contributed by atoms with Gasteiger partial charge in [-0.2, -0.15) is 0 Å². The highest BCUT2D eigenvalue weighted by atomic mass is 16.5. The summed E-state index contributed by atoms with van der Waals surface area (Å²) in [5.41, 5.74) is 0. The molecule has 144 valence electrons. The molecule has 1 saturated heterocycles. The molecule has 1 aliphatic rings. The Morgan fingerprint density at radius 3 is 2.44 bits per heavy atom. The molecule has 1 rings (SSSR count). The molecule has 25 heavy (non-hydrogen) atoms. The molecule has 0 radical (unpaired) electrons. The second-order valence-electron chi connectivity index (χ2n) is 6.53. The zero-order valence-electron chi connectivity index (χ0n) is 15.5. The van der Waals surface area contributed by atoms with Crippen molar-refractivity contribution in [1.29, 1.82) is 0 Å². The standard InChI is InChI=1S/C19H33NO5/c1-2-3-8-17(25-19(23)11-10-18(21)22)9-6-4-5-7-12-20-13-15-24-16-14-20/h10-11,17H,2-9,12-16H2,1H3,(H,21,22). The predicted octanol–water partition coefficient (Wildman–Crippen LogP) is 3.01. The van der Waals surface area contributed by atoms with E-state index in [1.165, 1.54) is 12.8 Å². The second-order valence-corrected chi connectivity index (χ2v) is 6.53. The average Bonchev–Trinajstić information content (AvgIpc) is 2.61. The molecule has 0 bridgehead atoms. The molecular weight excluding hydrogens is 322 g/mol. The molecule has 6 nitrogen and oxygen atoms in total. The Bertz CT molecular complexity index is 405. The molecular formula is C19H33NO5.